The minimum absolute atomic E-state index is 0. The van der Waals surface area contributed by atoms with Gasteiger partial charge in [-0.1, -0.05) is 6.07 Å². The van der Waals surface area contributed by atoms with Crippen molar-refractivity contribution in [2.75, 3.05) is 32.1 Å². The fraction of sp³-hybridized carbons (Fsp3) is 0.467. The van der Waals surface area contributed by atoms with Crippen molar-refractivity contribution in [3.63, 3.8) is 0 Å². The first kappa shape index (κ1) is 19.3. The molecule has 0 spiro atoms. The van der Waals surface area contributed by atoms with Crippen molar-refractivity contribution in [1.29, 1.82) is 0 Å². The summed E-state index contributed by atoms with van der Waals surface area (Å²) in [6.45, 7) is 1.20. The number of amides is 2. The second-order valence-electron chi connectivity index (χ2n) is 5.19. The van der Waals surface area contributed by atoms with Gasteiger partial charge in [0.05, 0.1) is 6.54 Å². The first-order valence-corrected chi connectivity index (χ1v) is 7.15. The first-order chi connectivity index (χ1) is 10.6. The van der Waals surface area contributed by atoms with Crippen molar-refractivity contribution in [3.8, 4) is 0 Å². The number of halogens is 2. The molecule has 1 aliphatic rings. The van der Waals surface area contributed by atoms with Crippen LogP contribution in [0.5, 0.6) is 0 Å². The summed E-state index contributed by atoms with van der Waals surface area (Å²) in [5.41, 5.74) is -0.535. The average Bonchev–Trinajstić information content (AvgIpc) is 2.53. The molecule has 128 valence electrons. The van der Waals surface area contributed by atoms with Crippen LogP contribution in [0.4, 0.5) is 10.1 Å². The van der Waals surface area contributed by atoms with Crippen LogP contribution in [0.15, 0.2) is 24.3 Å². The monoisotopic (exact) mass is 345 g/mol. The van der Waals surface area contributed by atoms with Crippen LogP contribution < -0.4 is 16.0 Å². The van der Waals surface area contributed by atoms with Gasteiger partial charge in [-0.2, -0.15) is 0 Å². The third-order valence-electron chi connectivity index (χ3n) is 3.73. The summed E-state index contributed by atoms with van der Waals surface area (Å²) in [5.74, 6) is -1.15. The maximum Gasteiger partial charge on any atom is 0.252 e. The van der Waals surface area contributed by atoms with E-state index in [2.05, 4.69) is 16.0 Å². The average molecular weight is 346 g/mol. The predicted octanol–water partition coefficient (Wildman–Crippen LogP) is 1.07. The Morgan fingerprint density at radius 1 is 1.35 bits per heavy atom. The molecular formula is C15H21ClFN3O3. The van der Waals surface area contributed by atoms with Crippen molar-refractivity contribution < 1.29 is 18.7 Å². The van der Waals surface area contributed by atoms with Gasteiger partial charge in [0, 0.05) is 12.8 Å². The van der Waals surface area contributed by atoms with E-state index < -0.39 is 17.3 Å². The molecule has 6 nitrogen and oxygen atoms in total. The van der Waals surface area contributed by atoms with Gasteiger partial charge >= 0.3 is 0 Å². The number of ether oxygens (including phenoxy) is 1. The zero-order chi connectivity index (χ0) is 16.0. The van der Waals surface area contributed by atoms with Gasteiger partial charge in [0.2, 0.25) is 5.91 Å². The highest BCUT2D eigenvalue weighted by molar-refractivity contribution is 5.96. The number of hydrogen-bond acceptors (Lipinski definition) is 4. The molecular weight excluding hydrogens is 325 g/mol. The molecule has 3 N–H and O–H groups in total. The zero-order valence-electron chi connectivity index (χ0n) is 12.9. The van der Waals surface area contributed by atoms with Gasteiger partial charge in [-0.05, 0) is 44.1 Å². The fourth-order valence-electron chi connectivity index (χ4n) is 2.45. The second-order valence-corrected chi connectivity index (χ2v) is 5.19. The Kier molecular flexibility index (Phi) is 7.41. The molecule has 0 atom stereocenters. The lowest BCUT2D eigenvalue weighted by atomic mass is 9.91. The Balaban J connectivity index is 0.00000264. The highest BCUT2D eigenvalue weighted by Crippen LogP contribution is 2.22. The summed E-state index contributed by atoms with van der Waals surface area (Å²) in [6, 6.07) is 5.57. The van der Waals surface area contributed by atoms with E-state index in [0.717, 1.165) is 0 Å². The third kappa shape index (κ3) is 5.16. The number of rotatable bonds is 5. The molecule has 0 radical (unpaired) electrons. The van der Waals surface area contributed by atoms with E-state index in [0.29, 0.717) is 31.6 Å². The number of benzene rings is 1. The molecule has 0 aromatic heterocycles. The van der Waals surface area contributed by atoms with Gasteiger partial charge in [-0.3, -0.25) is 9.59 Å². The number of hydrogen-bond donors (Lipinski definition) is 3. The Morgan fingerprint density at radius 2 is 2.04 bits per heavy atom. The van der Waals surface area contributed by atoms with Crippen LogP contribution in [0, 0.1) is 5.82 Å². The Labute approximate surface area is 140 Å². The van der Waals surface area contributed by atoms with Gasteiger partial charge in [0.15, 0.2) is 0 Å². The summed E-state index contributed by atoms with van der Waals surface area (Å²) in [4.78, 5) is 24.1. The van der Waals surface area contributed by atoms with Crippen molar-refractivity contribution in [1.82, 2.24) is 10.6 Å². The Hall–Kier alpha value is -1.70. The van der Waals surface area contributed by atoms with E-state index >= 15 is 0 Å². The summed E-state index contributed by atoms with van der Waals surface area (Å²) in [5, 5.41) is 8.26. The molecule has 23 heavy (non-hydrogen) atoms. The van der Waals surface area contributed by atoms with E-state index in [1.807, 2.05) is 0 Å². The van der Waals surface area contributed by atoms with Gasteiger partial charge in [0.25, 0.3) is 5.91 Å². The zero-order valence-corrected chi connectivity index (χ0v) is 13.7. The second kappa shape index (κ2) is 8.81. The number of carbonyl (C=O) groups is 2. The highest BCUT2D eigenvalue weighted by Gasteiger charge is 2.39. The van der Waals surface area contributed by atoms with E-state index in [1.54, 1.807) is 6.07 Å². The van der Waals surface area contributed by atoms with E-state index in [9.17, 15) is 14.0 Å². The first-order valence-electron chi connectivity index (χ1n) is 7.15. The van der Waals surface area contributed by atoms with Crippen molar-refractivity contribution in [2.24, 2.45) is 0 Å². The van der Waals surface area contributed by atoms with Crippen LogP contribution in [0.3, 0.4) is 0 Å². The summed E-state index contributed by atoms with van der Waals surface area (Å²) < 4.78 is 18.4. The molecule has 1 heterocycles. The van der Waals surface area contributed by atoms with Crippen LogP contribution in [0.25, 0.3) is 0 Å². The van der Waals surface area contributed by atoms with Crippen molar-refractivity contribution in [3.05, 3.63) is 30.1 Å². The highest BCUT2D eigenvalue weighted by atomic mass is 35.5. The summed E-state index contributed by atoms with van der Waals surface area (Å²) in [6.07, 6.45) is 1.11. The molecule has 0 aliphatic carbocycles. The van der Waals surface area contributed by atoms with E-state index in [-0.39, 0.29) is 24.9 Å². The van der Waals surface area contributed by atoms with Crippen LogP contribution >= 0.6 is 12.4 Å². The molecule has 1 fully saturated rings. The molecule has 1 aromatic rings. The lowest BCUT2D eigenvalue weighted by molar-refractivity contribution is -0.147. The largest absolute Gasteiger partial charge is 0.368 e. The fourth-order valence-corrected chi connectivity index (χ4v) is 2.45. The Bertz CT molecular complexity index is 551. The van der Waals surface area contributed by atoms with Gasteiger partial charge in [0.1, 0.15) is 11.4 Å². The number of piperidine rings is 1. The molecule has 0 bridgehead atoms. The summed E-state index contributed by atoms with van der Waals surface area (Å²) in [7, 11) is 1.50. The minimum Gasteiger partial charge on any atom is -0.368 e. The molecule has 0 saturated carbocycles. The SMILES string of the molecule is COC1(C(=O)NCC(=O)Nc2cccc(F)c2)CCNCC1.Cl. The maximum absolute atomic E-state index is 13.0. The van der Waals surface area contributed by atoms with Crippen LogP contribution in [0.2, 0.25) is 0 Å². The normalized spacial score (nSPS) is 16.1. The van der Waals surface area contributed by atoms with Gasteiger partial charge in [-0.15, -0.1) is 12.4 Å². The molecule has 1 aliphatic heterocycles. The molecule has 8 heteroatoms. The summed E-state index contributed by atoms with van der Waals surface area (Å²) >= 11 is 0. The van der Waals surface area contributed by atoms with Crippen LogP contribution in [-0.4, -0.2) is 44.2 Å². The number of methoxy groups -OCH3 is 1. The standard InChI is InChI=1S/C15H20FN3O3.ClH/c1-22-15(5-7-17-8-6-15)14(21)18-10-13(20)19-12-4-2-3-11(16)9-12;/h2-4,9,17H,5-8,10H2,1H3,(H,18,21)(H,19,20);1H. The molecule has 1 saturated heterocycles. The van der Waals surface area contributed by atoms with Gasteiger partial charge < -0.3 is 20.7 Å². The van der Waals surface area contributed by atoms with Crippen LogP contribution in [-0.2, 0) is 14.3 Å². The topological polar surface area (TPSA) is 79.5 Å². The maximum atomic E-state index is 13.0. The quantitative estimate of drug-likeness (QED) is 0.746. The molecule has 2 amide bonds. The molecule has 1 aromatic carbocycles. The Morgan fingerprint density at radius 3 is 2.65 bits per heavy atom. The lowest BCUT2D eigenvalue weighted by Gasteiger charge is -2.34. The number of carbonyl (C=O) groups excluding carboxylic acids is 2. The van der Waals surface area contributed by atoms with Crippen LogP contribution in [0.1, 0.15) is 12.8 Å². The molecule has 0 unspecified atom stereocenters. The van der Waals surface area contributed by atoms with Crippen molar-refractivity contribution in [2.45, 2.75) is 18.4 Å². The minimum atomic E-state index is -0.885. The van der Waals surface area contributed by atoms with Crippen molar-refractivity contribution >= 4 is 29.9 Å². The van der Waals surface area contributed by atoms with Gasteiger partial charge in [-0.25, -0.2) is 4.39 Å². The number of anilines is 1. The van der Waals surface area contributed by atoms with E-state index in [4.69, 9.17) is 4.74 Å². The number of nitrogens with one attached hydrogen (secondary N) is 3. The molecule has 2 rings (SSSR count). The third-order valence-corrected chi connectivity index (χ3v) is 3.73. The lowest BCUT2D eigenvalue weighted by Crippen LogP contribution is -2.55. The van der Waals surface area contributed by atoms with E-state index in [1.165, 1.54) is 25.3 Å². The predicted molar refractivity (Wildman–Crippen MR) is 87.1 cm³/mol. The smallest absolute Gasteiger partial charge is 0.252 e.